The van der Waals surface area contributed by atoms with Crippen LogP contribution >= 0.6 is 11.6 Å². The van der Waals surface area contributed by atoms with Crippen molar-refractivity contribution in [3.8, 4) is 0 Å². The Morgan fingerprint density at radius 3 is 2.48 bits per heavy atom. The average molecular weight is 329 g/mol. The molecule has 0 bridgehead atoms. The normalized spacial score (nSPS) is 16.4. The molecular weight excluding hydrogens is 308 g/mol. The Labute approximate surface area is 141 Å². The van der Waals surface area contributed by atoms with E-state index in [9.17, 15) is 4.79 Å². The van der Waals surface area contributed by atoms with Gasteiger partial charge in [-0.05, 0) is 48.2 Å². The molecular formula is C19H21ClN2O. The predicted molar refractivity (Wildman–Crippen MR) is 93.4 cm³/mol. The summed E-state index contributed by atoms with van der Waals surface area (Å²) in [6.07, 6.45) is 4.67. The molecule has 0 heterocycles. The molecule has 1 fully saturated rings. The van der Waals surface area contributed by atoms with Crippen molar-refractivity contribution in [2.45, 2.75) is 37.8 Å². The minimum atomic E-state index is -0.389. The molecule has 0 unspecified atom stereocenters. The van der Waals surface area contributed by atoms with Gasteiger partial charge in [0, 0.05) is 22.7 Å². The van der Waals surface area contributed by atoms with E-state index in [1.165, 1.54) is 18.4 Å². The van der Waals surface area contributed by atoms with Gasteiger partial charge in [-0.25, -0.2) is 0 Å². The monoisotopic (exact) mass is 328 g/mol. The molecule has 1 aliphatic carbocycles. The molecule has 2 aromatic carbocycles. The molecule has 1 saturated carbocycles. The molecule has 4 heteroatoms. The summed E-state index contributed by atoms with van der Waals surface area (Å²) in [6, 6.07) is 15.6. The average Bonchev–Trinajstić information content (AvgIpc) is 3.04. The summed E-state index contributed by atoms with van der Waals surface area (Å²) >= 11 is 6.02. The fourth-order valence-electron chi connectivity index (χ4n) is 3.42. The topological polar surface area (TPSA) is 55.1 Å². The van der Waals surface area contributed by atoms with E-state index in [1.54, 1.807) is 6.07 Å². The first-order chi connectivity index (χ1) is 11.1. The Morgan fingerprint density at radius 2 is 1.83 bits per heavy atom. The quantitative estimate of drug-likeness (QED) is 0.871. The van der Waals surface area contributed by atoms with Gasteiger partial charge < -0.3 is 11.1 Å². The van der Waals surface area contributed by atoms with Gasteiger partial charge in [-0.1, -0.05) is 48.7 Å². The number of hydrogen-bond donors (Lipinski definition) is 2. The van der Waals surface area contributed by atoms with Gasteiger partial charge >= 0.3 is 0 Å². The first-order valence-corrected chi connectivity index (χ1v) is 8.37. The van der Waals surface area contributed by atoms with Crippen LogP contribution in [0.25, 0.3) is 0 Å². The summed E-state index contributed by atoms with van der Waals surface area (Å²) in [5.74, 6) is -0.389. The van der Waals surface area contributed by atoms with Crippen molar-refractivity contribution in [1.29, 1.82) is 0 Å². The summed E-state index contributed by atoms with van der Waals surface area (Å²) in [4.78, 5) is 11.3. The van der Waals surface area contributed by atoms with Gasteiger partial charge in [0.25, 0.3) is 0 Å². The fourth-order valence-corrected chi connectivity index (χ4v) is 3.55. The molecule has 23 heavy (non-hydrogen) atoms. The molecule has 0 aliphatic heterocycles. The summed E-state index contributed by atoms with van der Waals surface area (Å²) in [5, 5.41) is 4.48. The van der Waals surface area contributed by atoms with Crippen LogP contribution in [0.15, 0.2) is 48.5 Å². The summed E-state index contributed by atoms with van der Waals surface area (Å²) in [7, 11) is 0. The maximum Gasteiger partial charge on any atom is 0.248 e. The van der Waals surface area contributed by atoms with E-state index in [0.717, 1.165) is 23.4 Å². The molecule has 2 aromatic rings. The van der Waals surface area contributed by atoms with E-state index < -0.39 is 0 Å². The number of halogens is 1. The first-order valence-electron chi connectivity index (χ1n) is 7.99. The van der Waals surface area contributed by atoms with E-state index >= 15 is 0 Å². The van der Waals surface area contributed by atoms with Crippen molar-refractivity contribution < 1.29 is 4.79 Å². The highest BCUT2D eigenvalue weighted by atomic mass is 35.5. The van der Waals surface area contributed by atoms with Gasteiger partial charge in [-0.15, -0.1) is 0 Å². The lowest BCUT2D eigenvalue weighted by Gasteiger charge is -2.31. The lowest BCUT2D eigenvalue weighted by atomic mass is 9.88. The molecule has 0 radical (unpaired) electrons. The number of rotatable bonds is 5. The zero-order valence-corrected chi connectivity index (χ0v) is 13.8. The van der Waals surface area contributed by atoms with E-state index in [4.69, 9.17) is 17.3 Å². The van der Waals surface area contributed by atoms with Gasteiger partial charge in [-0.3, -0.25) is 4.79 Å². The van der Waals surface area contributed by atoms with Gasteiger partial charge in [-0.2, -0.15) is 0 Å². The first kappa shape index (κ1) is 16.0. The van der Waals surface area contributed by atoms with Crippen LogP contribution < -0.4 is 11.1 Å². The Kier molecular flexibility index (Phi) is 4.69. The fraction of sp³-hybridized carbons (Fsp3) is 0.316. The Morgan fingerprint density at radius 1 is 1.13 bits per heavy atom. The van der Waals surface area contributed by atoms with Crippen LogP contribution in [0, 0.1) is 0 Å². The molecule has 0 saturated heterocycles. The van der Waals surface area contributed by atoms with Crippen LogP contribution in [0.5, 0.6) is 0 Å². The Balaban J connectivity index is 1.79. The summed E-state index contributed by atoms with van der Waals surface area (Å²) in [5.41, 5.74) is 8.26. The molecule has 0 atom stereocenters. The zero-order chi connectivity index (χ0) is 16.3. The highest BCUT2D eigenvalue weighted by Crippen LogP contribution is 2.39. The van der Waals surface area contributed by atoms with E-state index in [2.05, 4.69) is 17.4 Å². The van der Waals surface area contributed by atoms with Crippen LogP contribution in [0.2, 0.25) is 5.02 Å². The van der Waals surface area contributed by atoms with E-state index in [-0.39, 0.29) is 11.4 Å². The maximum atomic E-state index is 11.3. The second-order valence-electron chi connectivity index (χ2n) is 6.21. The number of carbonyl (C=O) groups excluding carboxylic acids is 1. The minimum Gasteiger partial charge on any atom is -0.366 e. The molecule has 1 aliphatic rings. The van der Waals surface area contributed by atoms with E-state index in [1.807, 2.05) is 30.3 Å². The van der Waals surface area contributed by atoms with Crippen molar-refractivity contribution in [3.63, 3.8) is 0 Å². The Hall–Kier alpha value is -1.84. The Bertz CT molecular complexity index is 691. The number of amides is 1. The molecule has 3 nitrogen and oxygen atoms in total. The largest absolute Gasteiger partial charge is 0.366 e. The van der Waals surface area contributed by atoms with Crippen LogP contribution in [-0.2, 0) is 12.1 Å². The summed E-state index contributed by atoms with van der Waals surface area (Å²) < 4.78 is 0. The van der Waals surface area contributed by atoms with Crippen molar-refractivity contribution in [3.05, 3.63) is 70.2 Å². The zero-order valence-electron chi connectivity index (χ0n) is 13.0. The van der Waals surface area contributed by atoms with Crippen molar-refractivity contribution in [1.82, 2.24) is 5.32 Å². The molecule has 120 valence electrons. The number of nitrogens with one attached hydrogen (secondary N) is 1. The second kappa shape index (κ2) is 6.73. The highest BCUT2D eigenvalue weighted by Gasteiger charge is 2.34. The molecule has 0 spiro atoms. The number of hydrogen-bond acceptors (Lipinski definition) is 2. The highest BCUT2D eigenvalue weighted by molar-refractivity contribution is 6.30. The number of primary amides is 1. The predicted octanol–water partition coefficient (Wildman–Crippen LogP) is 4.00. The number of benzene rings is 2. The lowest BCUT2D eigenvalue weighted by Crippen LogP contribution is -2.39. The maximum absolute atomic E-state index is 11.3. The van der Waals surface area contributed by atoms with Crippen LogP contribution in [0.1, 0.15) is 47.2 Å². The van der Waals surface area contributed by atoms with Gasteiger partial charge in [0.15, 0.2) is 0 Å². The number of nitrogens with two attached hydrogens (primary N) is 1. The van der Waals surface area contributed by atoms with Gasteiger partial charge in [0.1, 0.15) is 0 Å². The molecule has 3 rings (SSSR count). The standard InChI is InChI=1S/C19H21ClN2O/c20-17-8-6-16(7-9-17)19(10-1-2-11-19)22-13-14-4-3-5-15(12-14)18(21)23/h3-9,12,22H,1-2,10-11,13H2,(H2,21,23). The smallest absolute Gasteiger partial charge is 0.248 e. The SMILES string of the molecule is NC(=O)c1cccc(CNC2(c3ccc(Cl)cc3)CCCC2)c1. The van der Waals surface area contributed by atoms with Crippen LogP contribution in [0.4, 0.5) is 0 Å². The molecule has 0 aromatic heterocycles. The summed E-state index contributed by atoms with van der Waals surface area (Å²) in [6.45, 7) is 0.712. The number of carbonyl (C=O) groups is 1. The van der Waals surface area contributed by atoms with Gasteiger partial charge in [0.05, 0.1) is 0 Å². The second-order valence-corrected chi connectivity index (χ2v) is 6.65. The molecule has 1 amide bonds. The van der Waals surface area contributed by atoms with Gasteiger partial charge in [0.2, 0.25) is 5.91 Å². The lowest BCUT2D eigenvalue weighted by molar-refractivity contribution is 0.1000. The van der Waals surface area contributed by atoms with E-state index in [0.29, 0.717) is 12.1 Å². The third-order valence-electron chi connectivity index (χ3n) is 4.70. The minimum absolute atomic E-state index is 0.00663. The van der Waals surface area contributed by atoms with Crippen molar-refractivity contribution in [2.24, 2.45) is 5.73 Å². The van der Waals surface area contributed by atoms with Crippen LogP contribution in [-0.4, -0.2) is 5.91 Å². The third kappa shape index (κ3) is 3.57. The van der Waals surface area contributed by atoms with Crippen LogP contribution in [0.3, 0.4) is 0 Å². The molecule has 3 N–H and O–H groups in total. The van der Waals surface area contributed by atoms with Crippen molar-refractivity contribution >= 4 is 17.5 Å². The van der Waals surface area contributed by atoms with Crippen molar-refractivity contribution in [2.75, 3.05) is 0 Å². The third-order valence-corrected chi connectivity index (χ3v) is 4.95.